The van der Waals surface area contributed by atoms with Crippen LogP contribution in [0.4, 0.5) is 4.79 Å². The van der Waals surface area contributed by atoms with Gasteiger partial charge >= 0.3 is 6.09 Å². The molecule has 1 aromatic rings. The van der Waals surface area contributed by atoms with Gasteiger partial charge < -0.3 is 30.1 Å². The molecule has 32 heavy (non-hydrogen) atoms. The van der Waals surface area contributed by atoms with E-state index in [9.17, 15) is 19.5 Å². The molecule has 0 aliphatic carbocycles. The van der Waals surface area contributed by atoms with Crippen molar-refractivity contribution in [2.24, 2.45) is 0 Å². The van der Waals surface area contributed by atoms with E-state index >= 15 is 0 Å². The fourth-order valence-electron chi connectivity index (χ4n) is 3.24. The molecule has 1 fully saturated rings. The van der Waals surface area contributed by atoms with Crippen molar-refractivity contribution in [2.75, 3.05) is 19.6 Å². The standard InChI is InChI=1S/C22H29N3O6S/c1-6-11-31-21(29)24-14(2)17(26)20(28)25-13-32-22(3,4)18(25)19(27)23-12-15-7-9-16(30-5)10-8-15/h1,7-10,14,17-18,26H,11-13H2,2-5H3,(H,23,27)(H,24,29). The number of amides is 3. The van der Waals surface area contributed by atoms with Gasteiger partial charge in [0.25, 0.3) is 5.91 Å². The molecule has 0 spiro atoms. The molecule has 3 N–H and O–H groups in total. The Bertz CT molecular complexity index is 867. The summed E-state index contributed by atoms with van der Waals surface area (Å²) in [6.45, 7) is 5.26. The number of carbonyl (C=O) groups excluding carboxylic acids is 3. The van der Waals surface area contributed by atoms with Gasteiger partial charge in [-0.05, 0) is 38.5 Å². The minimum atomic E-state index is -1.56. The molecule has 1 aromatic carbocycles. The largest absolute Gasteiger partial charge is 0.497 e. The van der Waals surface area contributed by atoms with Gasteiger partial charge in [0, 0.05) is 11.3 Å². The molecular formula is C22H29N3O6S. The summed E-state index contributed by atoms with van der Waals surface area (Å²) in [6, 6.07) is 5.54. The van der Waals surface area contributed by atoms with Crippen molar-refractivity contribution < 1.29 is 29.0 Å². The Morgan fingerprint density at radius 2 is 2.00 bits per heavy atom. The number of thioether (sulfide) groups is 1. The van der Waals surface area contributed by atoms with E-state index in [0.717, 1.165) is 5.56 Å². The third kappa shape index (κ3) is 6.31. The maximum absolute atomic E-state index is 13.0. The molecule has 3 amide bonds. The molecule has 0 bridgehead atoms. The van der Waals surface area contributed by atoms with Crippen LogP contribution in [-0.2, 0) is 20.9 Å². The average molecular weight is 464 g/mol. The van der Waals surface area contributed by atoms with Gasteiger partial charge in [0.1, 0.15) is 11.8 Å². The quantitative estimate of drug-likeness (QED) is 0.494. The molecule has 1 heterocycles. The summed E-state index contributed by atoms with van der Waals surface area (Å²) in [7, 11) is 1.58. The summed E-state index contributed by atoms with van der Waals surface area (Å²) < 4.78 is 9.26. The second-order valence-corrected chi connectivity index (χ2v) is 9.41. The van der Waals surface area contributed by atoms with E-state index in [0.29, 0.717) is 5.75 Å². The number of terminal acetylenes is 1. The molecule has 1 aliphatic heterocycles. The minimum absolute atomic E-state index is 0.226. The fourth-order valence-corrected chi connectivity index (χ4v) is 4.38. The molecule has 0 radical (unpaired) electrons. The highest BCUT2D eigenvalue weighted by molar-refractivity contribution is 8.00. The summed E-state index contributed by atoms with van der Waals surface area (Å²) in [4.78, 5) is 39.0. The highest BCUT2D eigenvalue weighted by Gasteiger charge is 2.49. The summed E-state index contributed by atoms with van der Waals surface area (Å²) >= 11 is 1.44. The van der Waals surface area contributed by atoms with E-state index in [-0.39, 0.29) is 24.9 Å². The number of nitrogens with zero attached hydrogens (tertiary/aromatic N) is 1. The first-order valence-corrected chi connectivity index (χ1v) is 11.0. The SMILES string of the molecule is C#CCOC(=O)NC(C)C(O)C(=O)N1CSC(C)(C)C1C(=O)NCc1ccc(OC)cc1. The van der Waals surface area contributed by atoms with E-state index in [1.165, 1.54) is 23.6 Å². The summed E-state index contributed by atoms with van der Waals surface area (Å²) in [6.07, 6.45) is 2.63. The Morgan fingerprint density at radius 3 is 2.59 bits per heavy atom. The van der Waals surface area contributed by atoms with Crippen molar-refractivity contribution in [1.29, 1.82) is 0 Å². The Balaban J connectivity index is 2.04. The van der Waals surface area contributed by atoms with Gasteiger partial charge in [0.05, 0.1) is 19.0 Å². The number of nitrogens with one attached hydrogen (secondary N) is 2. The Labute approximate surface area is 192 Å². The molecule has 1 saturated heterocycles. The van der Waals surface area contributed by atoms with Crippen LogP contribution in [0.15, 0.2) is 24.3 Å². The van der Waals surface area contributed by atoms with E-state index in [1.54, 1.807) is 19.2 Å². The zero-order chi connectivity index (χ0) is 23.9. The maximum Gasteiger partial charge on any atom is 0.408 e. The zero-order valence-corrected chi connectivity index (χ0v) is 19.4. The van der Waals surface area contributed by atoms with Crippen molar-refractivity contribution in [3.05, 3.63) is 29.8 Å². The van der Waals surface area contributed by atoms with Gasteiger partial charge in [-0.15, -0.1) is 18.2 Å². The lowest BCUT2D eigenvalue weighted by molar-refractivity contribution is -0.147. The Morgan fingerprint density at radius 1 is 1.34 bits per heavy atom. The zero-order valence-electron chi connectivity index (χ0n) is 18.6. The van der Waals surface area contributed by atoms with Gasteiger partial charge in [0.15, 0.2) is 12.7 Å². The number of hydrogen-bond donors (Lipinski definition) is 3. The van der Waals surface area contributed by atoms with E-state index in [4.69, 9.17) is 15.9 Å². The molecule has 1 aliphatic rings. The average Bonchev–Trinajstić information content (AvgIpc) is 3.10. The van der Waals surface area contributed by atoms with E-state index < -0.39 is 34.9 Å². The van der Waals surface area contributed by atoms with Crippen LogP contribution >= 0.6 is 11.8 Å². The number of aliphatic hydroxyl groups excluding tert-OH is 1. The highest BCUT2D eigenvalue weighted by atomic mass is 32.2. The van der Waals surface area contributed by atoms with Crippen molar-refractivity contribution in [3.8, 4) is 18.1 Å². The van der Waals surface area contributed by atoms with Crippen LogP contribution in [0.25, 0.3) is 0 Å². The Kier molecular flexibility index (Phi) is 8.80. The monoisotopic (exact) mass is 463 g/mol. The van der Waals surface area contributed by atoms with Gasteiger partial charge in [-0.1, -0.05) is 18.1 Å². The number of alkyl carbamates (subject to hydrolysis) is 1. The van der Waals surface area contributed by atoms with Gasteiger partial charge in [-0.25, -0.2) is 4.79 Å². The van der Waals surface area contributed by atoms with Crippen LogP contribution < -0.4 is 15.4 Å². The molecule has 174 valence electrons. The highest BCUT2D eigenvalue weighted by Crippen LogP contribution is 2.39. The second-order valence-electron chi connectivity index (χ2n) is 7.81. The first-order valence-electron chi connectivity index (χ1n) is 10.0. The van der Waals surface area contributed by atoms with Gasteiger partial charge in [0.2, 0.25) is 5.91 Å². The van der Waals surface area contributed by atoms with Crippen molar-refractivity contribution >= 4 is 29.7 Å². The third-order valence-electron chi connectivity index (χ3n) is 5.06. The Hall–Kier alpha value is -2.90. The fraction of sp³-hybridized carbons (Fsp3) is 0.500. The molecule has 9 nitrogen and oxygen atoms in total. The number of methoxy groups -OCH3 is 1. The predicted octanol–water partition coefficient (Wildman–Crippen LogP) is 1.10. The van der Waals surface area contributed by atoms with Gasteiger partial charge in [-0.2, -0.15) is 0 Å². The molecule has 0 saturated carbocycles. The number of aliphatic hydroxyl groups is 1. The predicted molar refractivity (Wildman–Crippen MR) is 121 cm³/mol. The molecule has 10 heteroatoms. The van der Waals surface area contributed by atoms with Crippen molar-refractivity contribution in [1.82, 2.24) is 15.5 Å². The molecular weight excluding hydrogens is 434 g/mol. The number of ether oxygens (including phenoxy) is 2. The maximum atomic E-state index is 13.0. The molecule has 0 aromatic heterocycles. The second kappa shape index (κ2) is 11.1. The number of benzene rings is 1. The van der Waals surface area contributed by atoms with Crippen LogP contribution in [-0.4, -0.2) is 70.4 Å². The summed E-state index contributed by atoms with van der Waals surface area (Å²) in [5, 5.41) is 15.7. The smallest absolute Gasteiger partial charge is 0.408 e. The first-order chi connectivity index (χ1) is 15.1. The van der Waals surface area contributed by atoms with E-state index in [1.807, 2.05) is 26.0 Å². The third-order valence-corrected chi connectivity index (χ3v) is 6.44. The normalized spacial score (nSPS) is 18.8. The lowest BCUT2D eigenvalue weighted by atomic mass is 9.99. The summed E-state index contributed by atoms with van der Waals surface area (Å²) in [5.74, 6) is 2.11. The van der Waals surface area contributed by atoms with Gasteiger partial charge in [-0.3, -0.25) is 9.59 Å². The number of rotatable bonds is 8. The lowest BCUT2D eigenvalue weighted by Crippen LogP contribution is -2.57. The van der Waals surface area contributed by atoms with Crippen molar-refractivity contribution in [2.45, 2.75) is 50.3 Å². The number of hydrogen-bond acceptors (Lipinski definition) is 7. The molecule has 3 atom stereocenters. The molecule has 2 rings (SSSR count). The van der Waals surface area contributed by atoms with Crippen LogP contribution in [0.1, 0.15) is 26.3 Å². The molecule has 3 unspecified atom stereocenters. The number of carbonyl (C=O) groups is 3. The minimum Gasteiger partial charge on any atom is -0.497 e. The van der Waals surface area contributed by atoms with Crippen LogP contribution in [0, 0.1) is 12.3 Å². The van der Waals surface area contributed by atoms with E-state index in [2.05, 4.69) is 16.6 Å². The van der Waals surface area contributed by atoms with Crippen LogP contribution in [0.3, 0.4) is 0 Å². The topological polar surface area (TPSA) is 117 Å². The van der Waals surface area contributed by atoms with Crippen LogP contribution in [0.2, 0.25) is 0 Å². The summed E-state index contributed by atoms with van der Waals surface area (Å²) in [5.41, 5.74) is 0.879. The first kappa shape index (κ1) is 25.4. The lowest BCUT2D eigenvalue weighted by Gasteiger charge is -2.32. The van der Waals surface area contributed by atoms with Crippen molar-refractivity contribution in [3.63, 3.8) is 0 Å². The van der Waals surface area contributed by atoms with Crippen LogP contribution in [0.5, 0.6) is 5.75 Å².